The van der Waals surface area contributed by atoms with Gasteiger partial charge in [0.1, 0.15) is 17.1 Å². The average molecular weight is 880 g/mol. The monoisotopic (exact) mass is 879 g/mol. The summed E-state index contributed by atoms with van der Waals surface area (Å²) in [5.74, 6) is -0.990. The molecule has 3 aromatic carbocycles. The standard InChI is InChI=1S/C47H54FN7O7S/c1-30(2)35-6-3-4-7-36(35)37-8-5-9-40(37)54-28-47(29-54)17-20-53(21-18-47)33-10-12-38(42(25-33)62-43-24-32-14-19-49-45(32)51-44(43)48)46(56)52-63(59,60)34-11-13-39(41(26-34)55(57)58)50-27-31-15-22-61-23-16-31/h3-4,6-7,10-14,19,24-26,30-31,37,40,50H,5,8-9,15-18,20-23,27-29H2,1-2H3,(H,49,51)(H,52,56)/t37-,40-/m0/s1. The molecule has 0 bridgehead atoms. The van der Waals surface area contributed by atoms with Crippen LogP contribution in [0.2, 0.25) is 0 Å². The van der Waals surface area contributed by atoms with Crippen molar-refractivity contribution in [2.75, 3.05) is 56.2 Å². The number of fused-ring (bicyclic) bond motifs is 1. The zero-order valence-electron chi connectivity index (χ0n) is 35.6. The van der Waals surface area contributed by atoms with Crippen molar-refractivity contribution in [3.05, 3.63) is 112 Å². The van der Waals surface area contributed by atoms with E-state index in [0.717, 1.165) is 63.6 Å². The molecule has 5 aromatic rings. The summed E-state index contributed by atoms with van der Waals surface area (Å²) in [7, 11) is -4.62. The van der Waals surface area contributed by atoms with Gasteiger partial charge in [-0.15, -0.1) is 0 Å². The Morgan fingerprint density at radius 2 is 1.79 bits per heavy atom. The fourth-order valence-corrected chi connectivity index (χ4v) is 11.2. The predicted molar refractivity (Wildman–Crippen MR) is 239 cm³/mol. The number of likely N-dealkylation sites (tertiary alicyclic amines) is 1. The van der Waals surface area contributed by atoms with Crippen LogP contribution in [0.1, 0.15) is 92.1 Å². The lowest BCUT2D eigenvalue weighted by molar-refractivity contribution is -0.384. The number of nitro groups is 1. The van der Waals surface area contributed by atoms with Gasteiger partial charge in [-0.05, 0) is 109 Å². The van der Waals surface area contributed by atoms with Gasteiger partial charge >= 0.3 is 0 Å². The molecule has 1 aliphatic carbocycles. The minimum atomic E-state index is -4.62. The topological polar surface area (TPSA) is 172 Å². The summed E-state index contributed by atoms with van der Waals surface area (Å²) in [6, 6.07) is 21.0. The number of carbonyl (C=O) groups is 1. The Hall–Kier alpha value is -5.58. The highest BCUT2D eigenvalue weighted by Gasteiger charge is 2.49. The Balaban J connectivity index is 0.916. The molecule has 1 spiro atoms. The molecule has 2 aromatic heterocycles. The van der Waals surface area contributed by atoms with Crippen LogP contribution in [0.5, 0.6) is 11.5 Å². The van der Waals surface area contributed by atoms with E-state index < -0.39 is 37.4 Å². The van der Waals surface area contributed by atoms with E-state index in [-0.39, 0.29) is 34.1 Å². The Bertz CT molecular complexity index is 2620. The fourth-order valence-electron chi connectivity index (χ4n) is 10.2. The first kappa shape index (κ1) is 42.7. The van der Waals surface area contributed by atoms with E-state index in [0.29, 0.717) is 48.7 Å². The van der Waals surface area contributed by atoms with Crippen molar-refractivity contribution in [1.29, 1.82) is 0 Å². The Kier molecular flexibility index (Phi) is 11.9. The van der Waals surface area contributed by atoms with Crippen molar-refractivity contribution in [1.82, 2.24) is 19.6 Å². The van der Waals surface area contributed by atoms with Gasteiger partial charge in [-0.1, -0.05) is 44.5 Å². The fraction of sp³-hybridized carbons (Fsp3) is 0.447. The molecule has 332 valence electrons. The number of ether oxygens (including phenoxy) is 2. The van der Waals surface area contributed by atoms with E-state index in [1.807, 2.05) is 0 Å². The summed E-state index contributed by atoms with van der Waals surface area (Å²) in [5.41, 5.74) is 3.81. The van der Waals surface area contributed by atoms with Crippen molar-refractivity contribution in [3.63, 3.8) is 0 Å². The van der Waals surface area contributed by atoms with Gasteiger partial charge < -0.3 is 24.7 Å². The summed E-state index contributed by atoms with van der Waals surface area (Å²) in [6.45, 7) is 9.92. The number of amides is 1. The highest BCUT2D eigenvalue weighted by Crippen LogP contribution is 2.49. The third-order valence-electron chi connectivity index (χ3n) is 13.7. The molecule has 0 unspecified atom stereocenters. The zero-order valence-corrected chi connectivity index (χ0v) is 36.5. The molecule has 14 nitrogen and oxygen atoms in total. The first-order valence-electron chi connectivity index (χ1n) is 22.1. The summed E-state index contributed by atoms with van der Waals surface area (Å²) in [5, 5.41) is 15.7. The Labute approximate surface area is 366 Å². The molecular formula is C47H54FN7O7S. The van der Waals surface area contributed by atoms with E-state index in [2.05, 4.69) is 67.9 Å². The number of hydrogen-bond donors (Lipinski definition) is 3. The van der Waals surface area contributed by atoms with Crippen molar-refractivity contribution in [2.24, 2.45) is 11.3 Å². The number of H-pyrrole nitrogens is 1. The van der Waals surface area contributed by atoms with Crippen LogP contribution in [-0.2, 0) is 14.8 Å². The number of aromatic amines is 1. The molecule has 2 atom stereocenters. The number of nitrogens with zero attached hydrogens (tertiary/aromatic N) is 4. The van der Waals surface area contributed by atoms with Gasteiger partial charge in [0.15, 0.2) is 5.75 Å². The van der Waals surface area contributed by atoms with Gasteiger partial charge in [-0.2, -0.15) is 9.37 Å². The molecule has 63 heavy (non-hydrogen) atoms. The maximum Gasteiger partial charge on any atom is 0.293 e. The maximum atomic E-state index is 15.4. The third kappa shape index (κ3) is 8.85. The maximum absolute atomic E-state index is 15.4. The molecule has 16 heteroatoms. The van der Waals surface area contributed by atoms with Crippen molar-refractivity contribution in [3.8, 4) is 11.5 Å². The molecule has 3 saturated heterocycles. The van der Waals surface area contributed by atoms with E-state index >= 15 is 4.39 Å². The van der Waals surface area contributed by atoms with Crippen LogP contribution in [0.15, 0.2) is 83.9 Å². The van der Waals surface area contributed by atoms with Gasteiger partial charge in [-0.25, -0.2) is 13.1 Å². The second kappa shape index (κ2) is 17.5. The molecule has 9 rings (SSSR count). The third-order valence-corrected chi connectivity index (χ3v) is 15.1. The number of nitro benzene ring substituents is 1. The molecule has 4 fully saturated rings. The lowest BCUT2D eigenvalue weighted by Crippen LogP contribution is -2.63. The van der Waals surface area contributed by atoms with Crippen LogP contribution < -0.4 is 19.7 Å². The molecule has 3 N–H and O–H groups in total. The normalized spacial score (nSPS) is 20.5. The van der Waals surface area contributed by atoms with E-state index in [4.69, 9.17) is 9.47 Å². The number of halogens is 1. The number of piperidine rings is 1. The van der Waals surface area contributed by atoms with E-state index in [1.165, 1.54) is 54.7 Å². The SMILES string of the molecule is CC(C)c1ccccc1[C@@H]1CCC[C@@H]1N1CC2(CCN(c3ccc(C(=O)NS(=O)(=O)c4ccc(NCC5CCOCC5)c([N+](=O)[O-])c4)c(Oc4cc5cc[nH]c5nc4F)c3)CC2)C1. The number of nitrogens with one attached hydrogen (secondary N) is 3. The van der Waals surface area contributed by atoms with E-state index in [1.54, 1.807) is 24.4 Å². The summed E-state index contributed by atoms with van der Waals surface area (Å²) in [6.07, 6.45) is 8.89. The van der Waals surface area contributed by atoms with Crippen molar-refractivity contribution >= 4 is 44.0 Å². The molecule has 1 amide bonds. The van der Waals surface area contributed by atoms with Crippen molar-refractivity contribution < 1.29 is 32.0 Å². The molecule has 1 saturated carbocycles. The first-order chi connectivity index (χ1) is 30.4. The van der Waals surface area contributed by atoms with Gasteiger partial charge in [0.05, 0.1) is 15.4 Å². The van der Waals surface area contributed by atoms with Crippen LogP contribution >= 0.6 is 0 Å². The van der Waals surface area contributed by atoms with Gasteiger partial charge in [0.25, 0.3) is 27.6 Å². The summed E-state index contributed by atoms with van der Waals surface area (Å²) < 4.78 is 56.3. The molecule has 3 aliphatic heterocycles. The number of rotatable bonds is 13. The van der Waals surface area contributed by atoms with E-state index in [9.17, 15) is 23.3 Å². The minimum absolute atomic E-state index is 0.0708. The second-order valence-corrected chi connectivity index (χ2v) is 19.7. The highest BCUT2D eigenvalue weighted by molar-refractivity contribution is 7.90. The molecule has 0 radical (unpaired) electrons. The lowest BCUT2D eigenvalue weighted by Gasteiger charge is -2.57. The predicted octanol–water partition coefficient (Wildman–Crippen LogP) is 8.72. The van der Waals surface area contributed by atoms with Gasteiger partial charge in [0, 0.05) is 81.4 Å². The number of sulfonamides is 1. The first-order valence-corrected chi connectivity index (χ1v) is 23.6. The molecular weight excluding hydrogens is 826 g/mol. The van der Waals surface area contributed by atoms with Crippen LogP contribution in [-0.4, -0.2) is 86.1 Å². The van der Waals surface area contributed by atoms with Crippen LogP contribution in [0, 0.1) is 27.4 Å². The quantitative estimate of drug-likeness (QED) is 0.0587. The average Bonchev–Trinajstić information content (AvgIpc) is 3.95. The Morgan fingerprint density at radius 1 is 1.02 bits per heavy atom. The Morgan fingerprint density at radius 3 is 2.56 bits per heavy atom. The minimum Gasteiger partial charge on any atom is -0.452 e. The highest BCUT2D eigenvalue weighted by atomic mass is 32.2. The van der Waals surface area contributed by atoms with Crippen LogP contribution in [0.4, 0.5) is 21.5 Å². The zero-order chi connectivity index (χ0) is 43.9. The number of hydrogen-bond acceptors (Lipinski definition) is 11. The molecule has 5 heterocycles. The number of anilines is 2. The number of carbonyl (C=O) groups excluding carboxylic acids is 1. The number of benzene rings is 3. The summed E-state index contributed by atoms with van der Waals surface area (Å²) >= 11 is 0. The van der Waals surface area contributed by atoms with Crippen LogP contribution in [0.25, 0.3) is 11.0 Å². The van der Waals surface area contributed by atoms with Crippen molar-refractivity contribution in [2.45, 2.75) is 81.6 Å². The largest absolute Gasteiger partial charge is 0.452 e. The number of pyridine rings is 1. The second-order valence-electron chi connectivity index (χ2n) is 18.1. The molecule has 4 aliphatic rings. The van der Waals surface area contributed by atoms with Gasteiger partial charge in [0.2, 0.25) is 0 Å². The smallest absolute Gasteiger partial charge is 0.293 e. The van der Waals surface area contributed by atoms with Crippen LogP contribution in [0.3, 0.4) is 0 Å². The summed E-state index contributed by atoms with van der Waals surface area (Å²) in [4.78, 5) is 36.6. The number of aromatic nitrogens is 2. The van der Waals surface area contributed by atoms with Gasteiger partial charge in [-0.3, -0.25) is 19.8 Å². The lowest BCUT2D eigenvalue weighted by atomic mass is 9.70.